The van der Waals surface area contributed by atoms with Crippen LogP contribution in [0.15, 0.2) is 22.7 Å². The minimum atomic E-state index is -0.898. The van der Waals surface area contributed by atoms with E-state index in [-0.39, 0.29) is 0 Å². The van der Waals surface area contributed by atoms with Crippen LogP contribution in [0.5, 0.6) is 0 Å². The minimum absolute atomic E-state index is 0.311. The average molecular weight is 300 g/mol. The van der Waals surface area contributed by atoms with E-state index in [0.717, 1.165) is 23.1 Å². The lowest BCUT2D eigenvalue weighted by atomic mass is 10.1. The van der Waals surface area contributed by atoms with Crippen molar-refractivity contribution in [2.75, 3.05) is 18.5 Å². The summed E-state index contributed by atoms with van der Waals surface area (Å²) in [6.07, 6.45) is 1.09. The quantitative estimate of drug-likeness (QED) is 0.902. The van der Waals surface area contributed by atoms with Gasteiger partial charge in [-0.1, -0.05) is 29.8 Å². The van der Waals surface area contributed by atoms with Gasteiger partial charge in [-0.3, -0.25) is 0 Å². The molecule has 1 aromatic rings. The van der Waals surface area contributed by atoms with E-state index in [1.54, 1.807) is 12.1 Å². The highest BCUT2D eigenvalue weighted by atomic mass is 79.9. The maximum absolute atomic E-state index is 11.0. The molecule has 0 aliphatic rings. The molecule has 0 amide bonds. The van der Waals surface area contributed by atoms with Crippen LogP contribution in [0, 0.1) is 5.92 Å². The Hall–Kier alpha value is -1.03. The van der Waals surface area contributed by atoms with Crippen molar-refractivity contribution >= 4 is 27.6 Å². The summed E-state index contributed by atoms with van der Waals surface area (Å²) in [7, 11) is 1.98. The van der Waals surface area contributed by atoms with Crippen molar-refractivity contribution in [2.24, 2.45) is 5.92 Å². The van der Waals surface area contributed by atoms with Crippen molar-refractivity contribution in [1.29, 1.82) is 0 Å². The molecule has 0 aromatic heterocycles. The Bertz CT molecular complexity index is 404. The van der Waals surface area contributed by atoms with Gasteiger partial charge in [-0.15, -0.1) is 0 Å². The van der Waals surface area contributed by atoms with Crippen LogP contribution in [-0.2, 0) is 0 Å². The molecule has 0 aliphatic heterocycles. The van der Waals surface area contributed by atoms with Gasteiger partial charge in [-0.05, 0) is 30.5 Å². The number of hydrogen-bond donors (Lipinski definition) is 1. The van der Waals surface area contributed by atoms with Crippen LogP contribution in [0.3, 0.4) is 0 Å². The molecule has 94 valence electrons. The SMILES string of the molecule is CC(C)CCN(C)c1cc(Br)cc(C(=O)O)c1. The number of halogens is 1. The van der Waals surface area contributed by atoms with E-state index in [1.807, 2.05) is 13.1 Å². The second-order valence-electron chi connectivity index (χ2n) is 4.61. The number of carboxylic acids is 1. The van der Waals surface area contributed by atoms with Crippen LogP contribution in [-0.4, -0.2) is 24.7 Å². The predicted octanol–water partition coefficient (Wildman–Crippen LogP) is 3.63. The van der Waals surface area contributed by atoms with E-state index in [9.17, 15) is 4.79 Å². The molecule has 17 heavy (non-hydrogen) atoms. The van der Waals surface area contributed by atoms with E-state index in [4.69, 9.17) is 5.11 Å². The summed E-state index contributed by atoms with van der Waals surface area (Å²) in [5.41, 5.74) is 1.24. The fraction of sp³-hybridized carbons (Fsp3) is 0.462. The molecule has 0 saturated carbocycles. The van der Waals surface area contributed by atoms with Gasteiger partial charge in [0.05, 0.1) is 5.56 Å². The Morgan fingerprint density at radius 2 is 2.06 bits per heavy atom. The lowest BCUT2D eigenvalue weighted by molar-refractivity contribution is 0.0697. The Kier molecular flexibility index (Phi) is 5.00. The first-order valence-electron chi connectivity index (χ1n) is 5.65. The molecular weight excluding hydrogens is 282 g/mol. The molecule has 1 rings (SSSR count). The number of nitrogens with zero attached hydrogens (tertiary/aromatic N) is 1. The number of carboxylic acid groups (broad SMARTS) is 1. The molecule has 1 N–H and O–H groups in total. The number of anilines is 1. The number of benzene rings is 1. The molecule has 0 heterocycles. The number of aromatic carboxylic acids is 1. The first-order valence-corrected chi connectivity index (χ1v) is 6.44. The van der Waals surface area contributed by atoms with Gasteiger partial charge < -0.3 is 10.0 Å². The van der Waals surface area contributed by atoms with Gasteiger partial charge in [0.15, 0.2) is 0 Å². The van der Waals surface area contributed by atoms with Gasteiger partial charge in [0.1, 0.15) is 0 Å². The molecule has 0 aliphatic carbocycles. The average Bonchev–Trinajstić information content (AvgIpc) is 2.24. The molecule has 0 fully saturated rings. The summed E-state index contributed by atoms with van der Waals surface area (Å²) >= 11 is 3.34. The van der Waals surface area contributed by atoms with Gasteiger partial charge in [0, 0.05) is 23.8 Å². The van der Waals surface area contributed by atoms with E-state index < -0.39 is 5.97 Å². The highest BCUT2D eigenvalue weighted by Gasteiger charge is 2.09. The van der Waals surface area contributed by atoms with Crippen molar-refractivity contribution in [3.05, 3.63) is 28.2 Å². The van der Waals surface area contributed by atoms with Gasteiger partial charge in [-0.25, -0.2) is 4.79 Å². The fourth-order valence-corrected chi connectivity index (χ4v) is 1.98. The van der Waals surface area contributed by atoms with Crippen LogP contribution < -0.4 is 4.90 Å². The molecule has 0 saturated heterocycles. The summed E-state index contributed by atoms with van der Waals surface area (Å²) in [5, 5.41) is 8.99. The Balaban J connectivity index is 2.86. The Labute approximate surface area is 111 Å². The third kappa shape index (κ3) is 4.38. The molecule has 0 atom stereocenters. The highest BCUT2D eigenvalue weighted by molar-refractivity contribution is 9.10. The summed E-state index contributed by atoms with van der Waals surface area (Å²) in [4.78, 5) is 13.0. The molecule has 0 spiro atoms. The van der Waals surface area contributed by atoms with Crippen molar-refractivity contribution in [3.8, 4) is 0 Å². The largest absolute Gasteiger partial charge is 0.478 e. The van der Waals surface area contributed by atoms with Crippen molar-refractivity contribution in [3.63, 3.8) is 0 Å². The highest BCUT2D eigenvalue weighted by Crippen LogP contribution is 2.22. The zero-order valence-electron chi connectivity index (χ0n) is 10.4. The van der Waals surface area contributed by atoms with Crippen LogP contribution in [0.2, 0.25) is 0 Å². The second-order valence-corrected chi connectivity index (χ2v) is 5.52. The first kappa shape index (κ1) is 14.0. The molecule has 0 unspecified atom stereocenters. The van der Waals surface area contributed by atoms with Gasteiger partial charge in [0.25, 0.3) is 0 Å². The van der Waals surface area contributed by atoms with Crippen LogP contribution in [0.4, 0.5) is 5.69 Å². The molecule has 0 radical (unpaired) electrons. The maximum atomic E-state index is 11.0. The molecular formula is C13H18BrNO2. The third-order valence-corrected chi connectivity index (χ3v) is 3.07. The van der Waals surface area contributed by atoms with Gasteiger partial charge >= 0.3 is 5.97 Å². The summed E-state index contributed by atoms with van der Waals surface area (Å²) in [6.45, 7) is 5.28. The number of rotatable bonds is 5. The summed E-state index contributed by atoms with van der Waals surface area (Å²) in [5.74, 6) is -0.256. The Morgan fingerprint density at radius 1 is 1.41 bits per heavy atom. The van der Waals surface area contributed by atoms with E-state index in [0.29, 0.717) is 11.5 Å². The Morgan fingerprint density at radius 3 is 2.59 bits per heavy atom. The summed E-state index contributed by atoms with van der Waals surface area (Å²) < 4.78 is 0.795. The van der Waals surface area contributed by atoms with Crippen molar-refractivity contribution in [1.82, 2.24) is 0 Å². The van der Waals surface area contributed by atoms with E-state index in [1.165, 1.54) is 0 Å². The third-order valence-electron chi connectivity index (χ3n) is 2.61. The first-order chi connectivity index (χ1) is 7.90. The maximum Gasteiger partial charge on any atom is 0.335 e. The van der Waals surface area contributed by atoms with Crippen LogP contribution in [0.25, 0.3) is 0 Å². The van der Waals surface area contributed by atoms with Gasteiger partial charge in [-0.2, -0.15) is 0 Å². The second kappa shape index (κ2) is 6.05. The number of hydrogen-bond acceptors (Lipinski definition) is 2. The lowest BCUT2D eigenvalue weighted by Crippen LogP contribution is -2.20. The molecule has 4 heteroatoms. The molecule has 0 bridgehead atoms. The van der Waals surface area contributed by atoms with E-state index >= 15 is 0 Å². The molecule has 3 nitrogen and oxygen atoms in total. The number of carbonyl (C=O) groups is 1. The van der Waals surface area contributed by atoms with Gasteiger partial charge in [0.2, 0.25) is 0 Å². The van der Waals surface area contributed by atoms with E-state index in [2.05, 4.69) is 34.7 Å². The van der Waals surface area contributed by atoms with Crippen molar-refractivity contribution in [2.45, 2.75) is 20.3 Å². The zero-order chi connectivity index (χ0) is 13.0. The smallest absolute Gasteiger partial charge is 0.335 e. The topological polar surface area (TPSA) is 40.5 Å². The van der Waals surface area contributed by atoms with Crippen molar-refractivity contribution < 1.29 is 9.90 Å². The van der Waals surface area contributed by atoms with Crippen LogP contribution in [0.1, 0.15) is 30.6 Å². The standard InChI is InChI=1S/C13H18BrNO2/c1-9(2)4-5-15(3)12-7-10(13(16)17)6-11(14)8-12/h6-9H,4-5H2,1-3H3,(H,16,17). The monoisotopic (exact) mass is 299 g/mol. The minimum Gasteiger partial charge on any atom is -0.478 e. The zero-order valence-corrected chi connectivity index (χ0v) is 12.0. The fourth-order valence-electron chi connectivity index (χ4n) is 1.50. The normalized spacial score (nSPS) is 10.6. The van der Waals surface area contributed by atoms with Crippen LogP contribution >= 0.6 is 15.9 Å². The molecule has 1 aromatic carbocycles. The lowest BCUT2D eigenvalue weighted by Gasteiger charge is -2.21. The predicted molar refractivity (Wildman–Crippen MR) is 73.8 cm³/mol. The summed E-state index contributed by atoms with van der Waals surface area (Å²) in [6, 6.07) is 5.25.